The van der Waals surface area contributed by atoms with Crippen LogP contribution in [0.4, 0.5) is 0 Å². The van der Waals surface area contributed by atoms with Crippen molar-refractivity contribution in [3.63, 3.8) is 0 Å². The zero-order chi connectivity index (χ0) is 19.0. The fourth-order valence-electron chi connectivity index (χ4n) is 2.98. The molecule has 6 atom stereocenters. The molecule has 0 bridgehead atoms. The summed E-state index contributed by atoms with van der Waals surface area (Å²) in [6.45, 7) is 8.27. The topological polar surface area (TPSA) is 79.2 Å². The van der Waals surface area contributed by atoms with Gasteiger partial charge in [-0.05, 0) is 24.1 Å². The smallest absolute Gasteiger partial charge is 0.118 e. The Bertz CT molecular complexity index is 475. The zero-order valence-corrected chi connectivity index (χ0v) is 16.1. The highest BCUT2D eigenvalue weighted by molar-refractivity contribution is 5.26. The van der Waals surface area contributed by atoms with E-state index in [1.807, 2.05) is 52.0 Å². The third kappa shape index (κ3) is 6.59. The van der Waals surface area contributed by atoms with Crippen LogP contribution in [0.2, 0.25) is 0 Å². The molecule has 0 radical (unpaired) electrons. The quantitative estimate of drug-likeness (QED) is 0.569. The molecule has 1 aromatic rings. The third-order valence-electron chi connectivity index (χ3n) is 5.03. The minimum absolute atomic E-state index is 0.117. The van der Waals surface area contributed by atoms with Crippen LogP contribution in [0.5, 0.6) is 5.75 Å². The fraction of sp³-hybridized carbons (Fsp3) is 0.700. The predicted molar refractivity (Wildman–Crippen MR) is 98.5 cm³/mol. The summed E-state index contributed by atoms with van der Waals surface area (Å²) in [5.41, 5.74) is 1.04. The van der Waals surface area contributed by atoms with Gasteiger partial charge in [0.25, 0.3) is 0 Å². The van der Waals surface area contributed by atoms with E-state index < -0.39 is 18.3 Å². The summed E-state index contributed by atoms with van der Waals surface area (Å²) in [5.74, 6) is 0.0745. The lowest BCUT2D eigenvalue weighted by molar-refractivity contribution is -0.0699. The molecular weight excluding hydrogens is 320 g/mol. The minimum atomic E-state index is -0.756. The minimum Gasteiger partial charge on any atom is -0.497 e. The first-order chi connectivity index (χ1) is 11.8. The van der Waals surface area contributed by atoms with Gasteiger partial charge >= 0.3 is 0 Å². The SMILES string of the molecule is CCC(O)[C@H](C)[C@@H](O)[C@@H](C)[C@H](O)[C@H](C)COCc1ccc(OC)cc1. The van der Waals surface area contributed by atoms with Crippen molar-refractivity contribution >= 4 is 0 Å². The van der Waals surface area contributed by atoms with Crippen molar-refractivity contribution < 1.29 is 24.8 Å². The van der Waals surface area contributed by atoms with Crippen LogP contribution in [-0.2, 0) is 11.3 Å². The maximum Gasteiger partial charge on any atom is 0.118 e. The van der Waals surface area contributed by atoms with E-state index in [9.17, 15) is 15.3 Å². The lowest BCUT2D eigenvalue weighted by Crippen LogP contribution is -2.42. The Morgan fingerprint density at radius 2 is 1.52 bits per heavy atom. The highest BCUT2D eigenvalue weighted by Crippen LogP contribution is 2.24. The van der Waals surface area contributed by atoms with Gasteiger partial charge in [0.2, 0.25) is 0 Å². The van der Waals surface area contributed by atoms with E-state index in [1.165, 1.54) is 0 Å². The van der Waals surface area contributed by atoms with Gasteiger partial charge in [0, 0.05) is 17.8 Å². The second-order valence-corrected chi connectivity index (χ2v) is 7.02. The van der Waals surface area contributed by atoms with Crippen LogP contribution < -0.4 is 4.74 Å². The van der Waals surface area contributed by atoms with Crippen LogP contribution in [0.1, 0.15) is 39.7 Å². The number of methoxy groups -OCH3 is 1. The predicted octanol–water partition coefficient (Wildman–Crippen LogP) is 2.61. The van der Waals surface area contributed by atoms with E-state index in [4.69, 9.17) is 9.47 Å². The molecule has 0 aliphatic rings. The van der Waals surface area contributed by atoms with Crippen molar-refractivity contribution in [1.82, 2.24) is 0 Å². The van der Waals surface area contributed by atoms with Crippen LogP contribution >= 0.6 is 0 Å². The van der Waals surface area contributed by atoms with Gasteiger partial charge in [-0.25, -0.2) is 0 Å². The Kier molecular flexibility index (Phi) is 9.43. The molecule has 1 aromatic carbocycles. The van der Waals surface area contributed by atoms with Gasteiger partial charge in [-0.1, -0.05) is 39.8 Å². The normalized spacial score (nSPS) is 18.9. The molecule has 0 heterocycles. The van der Waals surface area contributed by atoms with E-state index in [2.05, 4.69) is 0 Å². The largest absolute Gasteiger partial charge is 0.497 e. The van der Waals surface area contributed by atoms with E-state index in [1.54, 1.807) is 7.11 Å². The number of hydrogen-bond acceptors (Lipinski definition) is 5. The first-order valence-corrected chi connectivity index (χ1v) is 9.06. The first-order valence-electron chi connectivity index (χ1n) is 9.06. The fourth-order valence-corrected chi connectivity index (χ4v) is 2.98. The molecule has 144 valence electrons. The van der Waals surface area contributed by atoms with E-state index in [0.717, 1.165) is 11.3 Å². The molecule has 0 aliphatic carbocycles. The Balaban J connectivity index is 2.45. The Morgan fingerprint density at radius 3 is 2.04 bits per heavy atom. The summed E-state index contributed by atoms with van der Waals surface area (Å²) in [7, 11) is 1.63. The molecule has 0 spiro atoms. The van der Waals surface area contributed by atoms with Crippen LogP contribution in [0.3, 0.4) is 0 Å². The second-order valence-electron chi connectivity index (χ2n) is 7.02. The molecule has 5 heteroatoms. The molecule has 0 saturated carbocycles. The third-order valence-corrected chi connectivity index (χ3v) is 5.03. The van der Waals surface area contributed by atoms with Crippen molar-refractivity contribution in [3.05, 3.63) is 29.8 Å². The number of rotatable bonds is 11. The average Bonchev–Trinajstić information content (AvgIpc) is 2.65. The summed E-state index contributed by atoms with van der Waals surface area (Å²) in [6.07, 6.45) is -1.43. The zero-order valence-electron chi connectivity index (χ0n) is 16.1. The monoisotopic (exact) mass is 354 g/mol. The van der Waals surface area contributed by atoms with Gasteiger partial charge < -0.3 is 24.8 Å². The maximum absolute atomic E-state index is 10.5. The average molecular weight is 354 g/mol. The van der Waals surface area contributed by atoms with Crippen LogP contribution in [0.15, 0.2) is 24.3 Å². The van der Waals surface area contributed by atoms with Gasteiger partial charge in [-0.3, -0.25) is 0 Å². The molecule has 25 heavy (non-hydrogen) atoms. The van der Waals surface area contributed by atoms with Crippen molar-refractivity contribution in [2.24, 2.45) is 17.8 Å². The lowest BCUT2D eigenvalue weighted by atomic mass is 9.82. The summed E-state index contributed by atoms with van der Waals surface area (Å²) in [4.78, 5) is 0. The lowest BCUT2D eigenvalue weighted by Gasteiger charge is -2.33. The number of ether oxygens (including phenoxy) is 2. The molecule has 1 rings (SSSR count). The molecule has 3 N–H and O–H groups in total. The van der Waals surface area contributed by atoms with Gasteiger partial charge in [0.1, 0.15) is 5.75 Å². The van der Waals surface area contributed by atoms with Crippen molar-refractivity contribution in [3.8, 4) is 5.75 Å². The molecule has 1 unspecified atom stereocenters. The highest BCUT2D eigenvalue weighted by Gasteiger charge is 2.32. The summed E-state index contributed by atoms with van der Waals surface area (Å²) >= 11 is 0. The van der Waals surface area contributed by atoms with Crippen LogP contribution in [-0.4, -0.2) is 47.3 Å². The molecule has 0 aliphatic heterocycles. The standard InChI is InChI=1S/C20H34O5/c1-6-18(21)14(3)20(23)15(4)19(22)13(2)11-25-12-16-7-9-17(24-5)10-8-16/h7-10,13-15,18-23H,6,11-12H2,1-5H3/t13-,14+,15+,18?,19-,20-/m1/s1. The molecule has 5 nitrogen and oxygen atoms in total. The number of hydrogen-bond donors (Lipinski definition) is 3. The Hall–Kier alpha value is -1.14. The Labute approximate surface area is 151 Å². The van der Waals surface area contributed by atoms with E-state index >= 15 is 0 Å². The molecule has 0 amide bonds. The first kappa shape index (κ1) is 21.9. The summed E-state index contributed by atoms with van der Waals surface area (Å²) in [6, 6.07) is 7.66. The second kappa shape index (κ2) is 10.8. The van der Waals surface area contributed by atoms with E-state index in [0.29, 0.717) is 19.6 Å². The maximum atomic E-state index is 10.5. The Morgan fingerprint density at radius 1 is 0.920 bits per heavy atom. The molecule has 0 aromatic heterocycles. The number of benzene rings is 1. The molecule has 0 saturated heterocycles. The summed E-state index contributed by atoms with van der Waals surface area (Å²) < 4.78 is 10.8. The van der Waals surface area contributed by atoms with Crippen molar-refractivity contribution in [2.45, 2.75) is 59.0 Å². The van der Waals surface area contributed by atoms with Crippen molar-refractivity contribution in [1.29, 1.82) is 0 Å². The molecule has 0 fully saturated rings. The van der Waals surface area contributed by atoms with Gasteiger partial charge in [-0.2, -0.15) is 0 Å². The summed E-state index contributed by atoms with van der Waals surface area (Å²) in [5, 5.41) is 30.8. The van der Waals surface area contributed by atoms with Crippen LogP contribution in [0, 0.1) is 17.8 Å². The van der Waals surface area contributed by atoms with Gasteiger partial charge in [-0.15, -0.1) is 0 Å². The number of aliphatic hydroxyl groups is 3. The van der Waals surface area contributed by atoms with Gasteiger partial charge in [0.05, 0.1) is 38.6 Å². The van der Waals surface area contributed by atoms with E-state index in [-0.39, 0.29) is 17.8 Å². The van der Waals surface area contributed by atoms with Crippen molar-refractivity contribution in [2.75, 3.05) is 13.7 Å². The van der Waals surface area contributed by atoms with Gasteiger partial charge in [0.15, 0.2) is 0 Å². The highest BCUT2D eigenvalue weighted by atomic mass is 16.5. The molecular formula is C20H34O5. The number of aliphatic hydroxyl groups excluding tert-OH is 3. The van der Waals surface area contributed by atoms with Crippen LogP contribution in [0.25, 0.3) is 0 Å².